The molecule has 0 aliphatic heterocycles. The minimum absolute atomic E-state index is 0. The molecule has 0 bridgehead atoms. The molecule has 9 heteroatoms. The fourth-order valence-electron chi connectivity index (χ4n) is 2.74. The van der Waals surface area contributed by atoms with E-state index >= 15 is 0 Å². The summed E-state index contributed by atoms with van der Waals surface area (Å²) in [7, 11) is 0. The van der Waals surface area contributed by atoms with Crippen LogP contribution in [0.5, 0.6) is 5.75 Å². The highest BCUT2D eigenvalue weighted by Crippen LogP contribution is 2.10. The summed E-state index contributed by atoms with van der Waals surface area (Å²) < 4.78 is 13.2. The lowest BCUT2D eigenvalue weighted by molar-refractivity contribution is 0.322. The molecular formula is C21H29IN6O2. The number of rotatable bonds is 10. The number of nitrogens with zero attached hydrogens (tertiary/aromatic N) is 4. The van der Waals surface area contributed by atoms with Gasteiger partial charge < -0.3 is 24.4 Å². The van der Waals surface area contributed by atoms with Gasteiger partial charge in [0.1, 0.15) is 36.8 Å². The number of hydrogen-bond acceptors (Lipinski definition) is 5. The van der Waals surface area contributed by atoms with E-state index in [1.807, 2.05) is 41.0 Å². The third-order valence-corrected chi connectivity index (χ3v) is 4.31. The molecule has 3 rings (SSSR count). The molecule has 0 saturated heterocycles. The minimum Gasteiger partial charge on any atom is -0.492 e. The van der Waals surface area contributed by atoms with E-state index in [0.29, 0.717) is 32.2 Å². The fourth-order valence-corrected chi connectivity index (χ4v) is 2.74. The number of benzene rings is 1. The van der Waals surface area contributed by atoms with Gasteiger partial charge in [-0.3, -0.25) is 0 Å². The molecule has 1 aromatic carbocycles. The van der Waals surface area contributed by atoms with E-state index < -0.39 is 0 Å². The Labute approximate surface area is 194 Å². The van der Waals surface area contributed by atoms with Crippen LogP contribution in [0.15, 0.2) is 58.4 Å². The van der Waals surface area contributed by atoms with Crippen molar-refractivity contribution >= 4 is 29.9 Å². The van der Waals surface area contributed by atoms with E-state index in [2.05, 4.69) is 39.7 Å². The lowest BCUT2D eigenvalue weighted by atomic mass is 10.2. The highest BCUT2D eigenvalue weighted by Gasteiger charge is 2.04. The molecule has 0 atom stereocenters. The molecule has 0 radical (unpaired) electrons. The van der Waals surface area contributed by atoms with Gasteiger partial charge in [0.2, 0.25) is 0 Å². The maximum absolute atomic E-state index is 5.77. The van der Waals surface area contributed by atoms with Crippen molar-refractivity contribution in [3.63, 3.8) is 0 Å². The van der Waals surface area contributed by atoms with Gasteiger partial charge >= 0.3 is 0 Å². The molecule has 162 valence electrons. The largest absolute Gasteiger partial charge is 0.492 e. The number of guanidine groups is 1. The SMILES string of the molecule is CCc1nncn1CCNC(=NCc1ccco1)NCCOc1ccc(C)cc1.I. The second kappa shape index (κ2) is 12.9. The maximum atomic E-state index is 5.77. The molecule has 0 amide bonds. The molecule has 2 N–H and O–H groups in total. The Bertz CT molecular complexity index is 877. The predicted octanol–water partition coefficient (Wildman–Crippen LogP) is 3.17. The second-order valence-electron chi connectivity index (χ2n) is 6.55. The summed E-state index contributed by atoms with van der Waals surface area (Å²) in [4.78, 5) is 4.59. The Morgan fingerprint density at radius 1 is 1.17 bits per heavy atom. The molecule has 2 heterocycles. The first kappa shape index (κ1) is 23.7. The zero-order valence-electron chi connectivity index (χ0n) is 17.4. The van der Waals surface area contributed by atoms with Crippen LogP contribution < -0.4 is 15.4 Å². The number of aromatic nitrogens is 3. The van der Waals surface area contributed by atoms with Gasteiger partial charge in [-0.1, -0.05) is 24.6 Å². The Morgan fingerprint density at radius 3 is 2.70 bits per heavy atom. The van der Waals surface area contributed by atoms with Crippen molar-refractivity contribution in [3.05, 3.63) is 66.1 Å². The first-order valence-corrected chi connectivity index (χ1v) is 9.85. The number of halogens is 1. The molecule has 30 heavy (non-hydrogen) atoms. The van der Waals surface area contributed by atoms with Crippen LogP contribution in [0.3, 0.4) is 0 Å². The van der Waals surface area contributed by atoms with Crippen LogP contribution in [0.2, 0.25) is 0 Å². The van der Waals surface area contributed by atoms with Crippen molar-refractivity contribution < 1.29 is 9.15 Å². The number of nitrogens with one attached hydrogen (secondary N) is 2. The van der Waals surface area contributed by atoms with Crippen LogP contribution in [0.1, 0.15) is 24.1 Å². The normalized spacial score (nSPS) is 11.1. The van der Waals surface area contributed by atoms with Gasteiger partial charge in [-0.05, 0) is 31.2 Å². The highest BCUT2D eigenvalue weighted by atomic mass is 127. The quantitative estimate of drug-likeness (QED) is 0.183. The minimum atomic E-state index is 0. The number of aryl methyl sites for hydroxylation is 2. The lowest BCUT2D eigenvalue weighted by Crippen LogP contribution is -2.40. The van der Waals surface area contributed by atoms with Gasteiger partial charge in [0.05, 0.1) is 12.8 Å². The first-order chi connectivity index (χ1) is 14.2. The summed E-state index contributed by atoms with van der Waals surface area (Å²) in [6, 6.07) is 11.8. The van der Waals surface area contributed by atoms with Crippen LogP contribution in [-0.2, 0) is 19.5 Å². The van der Waals surface area contributed by atoms with Gasteiger partial charge in [-0.25, -0.2) is 4.99 Å². The second-order valence-corrected chi connectivity index (χ2v) is 6.55. The summed E-state index contributed by atoms with van der Waals surface area (Å²) in [6.07, 6.45) is 4.26. The zero-order valence-corrected chi connectivity index (χ0v) is 19.7. The summed E-state index contributed by atoms with van der Waals surface area (Å²) >= 11 is 0. The van der Waals surface area contributed by atoms with Gasteiger partial charge in [0.15, 0.2) is 5.96 Å². The van der Waals surface area contributed by atoms with E-state index in [4.69, 9.17) is 9.15 Å². The van der Waals surface area contributed by atoms with E-state index in [1.165, 1.54) is 5.56 Å². The van der Waals surface area contributed by atoms with Crippen molar-refractivity contribution in [3.8, 4) is 5.75 Å². The van der Waals surface area contributed by atoms with Crippen molar-refractivity contribution in [1.29, 1.82) is 0 Å². The summed E-state index contributed by atoms with van der Waals surface area (Å²) in [5.74, 6) is 3.36. The van der Waals surface area contributed by atoms with Crippen LogP contribution in [0, 0.1) is 6.92 Å². The van der Waals surface area contributed by atoms with Crippen molar-refractivity contribution in [2.24, 2.45) is 4.99 Å². The Hall–Kier alpha value is -2.56. The molecule has 8 nitrogen and oxygen atoms in total. The molecule has 0 aliphatic carbocycles. The van der Waals surface area contributed by atoms with Crippen LogP contribution in [0.4, 0.5) is 0 Å². The lowest BCUT2D eigenvalue weighted by Gasteiger charge is -2.14. The Kier molecular flexibility index (Phi) is 10.2. The van der Waals surface area contributed by atoms with Crippen LogP contribution in [0.25, 0.3) is 0 Å². The monoisotopic (exact) mass is 524 g/mol. The number of aliphatic imine (C=N–C) groups is 1. The van der Waals surface area contributed by atoms with Gasteiger partial charge in [-0.15, -0.1) is 34.2 Å². The van der Waals surface area contributed by atoms with Crippen molar-refractivity contribution in [1.82, 2.24) is 25.4 Å². The van der Waals surface area contributed by atoms with Gasteiger partial charge in [0, 0.05) is 19.5 Å². The molecule has 0 unspecified atom stereocenters. The average molecular weight is 524 g/mol. The molecule has 2 aromatic heterocycles. The molecule has 3 aromatic rings. The highest BCUT2D eigenvalue weighted by molar-refractivity contribution is 14.0. The molecule has 0 aliphatic rings. The fraction of sp³-hybridized carbons (Fsp3) is 0.381. The Morgan fingerprint density at radius 2 is 1.97 bits per heavy atom. The molecule has 0 fully saturated rings. The Balaban J connectivity index is 0.00000320. The van der Waals surface area contributed by atoms with Crippen LogP contribution in [-0.4, -0.2) is 40.4 Å². The molecular weight excluding hydrogens is 495 g/mol. The smallest absolute Gasteiger partial charge is 0.191 e. The van der Waals surface area contributed by atoms with Crippen molar-refractivity contribution in [2.45, 2.75) is 33.4 Å². The van der Waals surface area contributed by atoms with E-state index in [-0.39, 0.29) is 24.0 Å². The summed E-state index contributed by atoms with van der Waals surface area (Å²) in [5.41, 5.74) is 1.21. The third kappa shape index (κ3) is 7.69. The molecule has 0 saturated carbocycles. The third-order valence-electron chi connectivity index (χ3n) is 4.31. The van der Waals surface area contributed by atoms with Crippen molar-refractivity contribution in [2.75, 3.05) is 19.7 Å². The number of ether oxygens (including phenoxy) is 1. The van der Waals surface area contributed by atoms with Gasteiger partial charge in [-0.2, -0.15) is 0 Å². The molecule has 0 spiro atoms. The topological polar surface area (TPSA) is 89.5 Å². The zero-order chi connectivity index (χ0) is 20.3. The average Bonchev–Trinajstić information content (AvgIpc) is 3.41. The predicted molar refractivity (Wildman–Crippen MR) is 127 cm³/mol. The summed E-state index contributed by atoms with van der Waals surface area (Å²) in [5, 5.41) is 14.7. The van der Waals surface area contributed by atoms with E-state index in [0.717, 1.165) is 30.3 Å². The maximum Gasteiger partial charge on any atom is 0.191 e. The number of hydrogen-bond donors (Lipinski definition) is 2. The summed E-state index contributed by atoms with van der Waals surface area (Å²) in [6.45, 7) is 7.22. The van der Waals surface area contributed by atoms with E-state index in [1.54, 1.807) is 12.6 Å². The standard InChI is InChI=1S/C21H28N6O2.HI/c1-3-20-26-25-16-27(20)12-10-22-21(24-15-19-5-4-13-28-19)23-11-14-29-18-8-6-17(2)7-9-18;/h4-9,13,16H,3,10-12,14-15H2,1-2H3,(H2,22,23,24);1H. The van der Waals surface area contributed by atoms with Gasteiger partial charge in [0.25, 0.3) is 0 Å². The van der Waals surface area contributed by atoms with Crippen LogP contribution >= 0.6 is 24.0 Å². The number of furan rings is 1. The first-order valence-electron chi connectivity index (χ1n) is 9.85. The van der Waals surface area contributed by atoms with E-state index in [9.17, 15) is 0 Å².